The molecule has 0 unspecified atom stereocenters. The number of halogens is 5. The molecule has 0 aliphatic heterocycles. The molecule has 0 atom stereocenters. The average Bonchev–Trinajstić information content (AvgIpc) is 2.02. The van der Waals surface area contributed by atoms with Gasteiger partial charge in [-0.25, -0.2) is 0 Å². The predicted octanol–water partition coefficient (Wildman–Crippen LogP) is 3.06. The molecule has 0 aliphatic rings. The van der Waals surface area contributed by atoms with Crippen LogP contribution in [-0.2, 0) is 0 Å². The van der Waals surface area contributed by atoms with Crippen LogP contribution in [0.5, 0.6) is 5.75 Å². The third kappa shape index (κ3) is 2.28. The molecule has 0 saturated carbocycles. The molecule has 1 nitrogen and oxygen atoms in total. The number of rotatable bonds is 2. The van der Waals surface area contributed by atoms with Gasteiger partial charge >= 0.3 is 6.98 Å². The van der Waals surface area contributed by atoms with Gasteiger partial charge in [0, 0.05) is 5.02 Å². The average molecular weight is 244 g/mol. The highest BCUT2D eigenvalue weighted by molar-refractivity contribution is 6.76. The lowest BCUT2D eigenvalue weighted by Gasteiger charge is -2.18. The van der Waals surface area contributed by atoms with Crippen molar-refractivity contribution in [3.8, 4) is 5.75 Å². The van der Waals surface area contributed by atoms with Gasteiger partial charge < -0.3 is 17.7 Å². The van der Waals surface area contributed by atoms with Crippen molar-refractivity contribution in [1.29, 1.82) is 0 Å². The fraction of sp³-hybridized carbons (Fsp3) is 0.143. The molecule has 0 amide bonds. The molecule has 0 bridgehead atoms. The summed E-state index contributed by atoms with van der Waals surface area (Å²) in [5, 5.41) is -0.357. The second-order valence-corrected chi connectivity index (χ2v) is 3.40. The van der Waals surface area contributed by atoms with Crippen molar-refractivity contribution in [3.05, 3.63) is 22.2 Å². The molecule has 0 spiro atoms. The standard InChI is InChI=1S/C7H5BCl2F3O/c1-14-7-2-4(8(11,12)13)5(9)3-6(7)10/h2-3H,1H3/q-1. The lowest BCUT2D eigenvalue weighted by Crippen LogP contribution is -2.34. The van der Waals surface area contributed by atoms with Crippen LogP contribution in [0.15, 0.2) is 12.1 Å². The first kappa shape index (κ1) is 11.5. The SMILES string of the molecule is COc1cc([B-](F)(F)F)c(Cl)cc1Cl. The molecule has 0 saturated heterocycles. The van der Waals surface area contributed by atoms with Crippen LogP contribution >= 0.6 is 23.2 Å². The van der Waals surface area contributed by atoms with Gasteiger partial charge in [0.15, 0.2) is 0 Å². The van der Waals surface area contributed by atoms with Gasteiger partial charge in [-0.2, -0.15) is 0 Å². The minimum Gasteiger partial charge on any atom is -0.495 e. The van der Waals surface area contributed by atoms with Gasteiger partial charge in [0.05, 0.1) is 12.1 Å². The maximum Gasteiger partial charge on any atom is 0.511 e. The molecule has 1 aromatic carbocycles. The largest absolute Gasteiger partial charge is 0.511 e. The number of hydrogen-bond acceptors (Lipinski definition) is 1. The summed E-state index contributed by atoms with van der Waals surface area (Å²) in [6.07, 6.45) is 0. The Hall–Kier alpha value is -0.545. The van der Waals surface area contributed by atoms with E-state index >= 15 is 0 Å². The summed E-state index contributed by atoms with van der Waals surface area (Å²) >= 11 is 11.0. The molecule has 0 aromatic heterocycles. The molecule has 78 valence electrons. The van der Waals surface area contributed by atoms with Crippen molar-refractivity contribution in [2.45, 2.75) is 0 Å². The van der Waals surface area contributed by atoms with Crippen LogP contribution < -0.4 is 10.2 Å². The van der Waals surface area contributed by atoms with Crippen LogP contribution in [0, 0.1) is 0 Å². The van der Waals surface area contributed by atoms with Crippen LogP contribution in [0.4, 0.5) is 12.9 Å². The highest BCUT2D eigenvalue weighted by Crippen LogP contribution is 2.28. The molecule has 0 heterocycles. The van der Waals surface area contributed by atoms with Crippen LogP contribution in [0.1, 0.15) is 0 Å². The van der Waals surface area contributed by atoms with Gasteiger partial charge in [-0.3, -0.25) is 0 Å². The number of hydrogen-bond donors (Lipinski definition) is 0. The van der Waals surface area contributed by atoms with Crippen molar-refractivity contribution in [1.82, 2.24) is 0 Å². The lowest BCUT2D eigenvalue weighted by molar-refractivity contribution is 0.414. The predicted molar refractivity (Wildman–Crippen MR) is 51.7 cm³/mol. The van der Waals surface area contributed by atoms with E-state index in [0.29, 0.717) is 0 Å². The summed E-state index contributed by atoms with van der Waals surface area (Å²) in [7, 11) is 1.24. The highest BCUT2D eigenvalue weighted by atomic mass is 35.5. The molecular weight excluding hydrogens is 239 g/mol. The summed E-state index contributed by atoms with van der Waals surface area (Å²) in [6, 6.07) is 1.82. The van der Waals surface area contributed by atoms with Crippen molar-refractivity contribution in [3.63, 3.8) is 0 Å². The fourth-order valence-electron chi connectivity index (χ4n) is 0.952. The number of methoxy groups -OCH3 is 1. The number of benzene rings is 1. The van der Waals surface area contributed by atoms with Gasteiger partial charge in [0.1, 0.15) is 5.75 Å². The van der Waals surface area contributed by atoms with Gasteiger partial charge in [-0.1, -0.05) is 28.7 Å². The number of ether oxygens (including phenoxy) is 1. The van der Waals surface area contributed by atoms with Crippen molar-refractivity contribution in [2.75, 3.05) is 7.11 Å². The summed E-state index contributed by atoms with van der Waals surface area (Å²) in [5.41, 5.74) is -0.895. The summed E-state index contributed by atoms with van der Waals surface area (Å²) in [6.45, 7) is -5.14. The normalized spacial score (nSPS) is 11.6. The van der Waals surface area contributed by atoms with Gasteiger partial charge in [-0.05, 0) is 12.1 Å². The fourth-order valence-corrected chi connectivity index (χ4v) is 1.54. The van der Waals surface area contributed by atoms with Crippen LogP contribution in [0.25, 0.3) is 0 Å². The smallest absolute Gasteiger partial charge is 0.495 e. The van der Waals surface area contributed by atoms with Crippen molar-refractivity contribution < 1.29 is 17.7 Å². The summed E-state index contributed by atoms with van der Waals surface area (Å²) < 4.78 is 41.8. The van der Waals surface area contributed by atoms with E-state index in [-0.39, 0.29) is 10.8 Å². The van der Waals surface area contributed by atoms with Crippen molar-refractivity contribution >= 4 is 35.6 Å². The van der Waals surface area contributed by atoms with E-state index in [1.807, 2.05) is 0 Å². The highest BCUT2D eigenvalue weighted by Gasteiger charge is 2.29. The Bertz CT molecular complexity index is 354. The van der Waals surface area contributed by atoms with Gasteiger partial charge in [-0.15, -0.1) is 0 Å². The van der Waals surface area contributed by atoms with E-state index in [0.717, 1.165) is 12.1 Å². The van der Waals surface area contributed by atoms with E-state index < -0.39 is 17.5 Å². The Morgan fingerprint density at radius 1 is 1.14 bits per heavy atom. The van der Waals surface area contributed by atoms with E-state index in [2.05, 4.69) is 4.74 Å². The summed E-state index contributed by atoms with van der Waals surface area (Å²) in [5.74, 6) is -0.0368. The van der Waals surface area contributed by atoms with E-state index in [1.54, 1.807) is 0 Å². The van der Waals surface area contributed by atoms with Crippen LogP contribution in [0.3, 0.4) is 0 Å². The molecule has 0 N–H and O–H groups in total. The van der Waals surface area contributed by atoms with Gasteiger partial charge in [0.2, 0.25) is 0 Å². The first-order valence-corrected chi connectivity index (χ1v) is 4.34. The Morgan fingerprint density at radius 2 is 1.71 bits per heavy atom. The molecular formula is C7H5BCl2F3O-. The molecule has 0 fully saturated rings. The quantitative estimate of drug-likeness (QED) is 0.726. The Kier molecular flexibility index (Phi) is 3.22. The molecule has 14 heavy (non-hydrogen) atoms. The summed E-state index contributed by atoms with van der Waals surface area (Å²) in [4.78, 5) is 0. The Morgan fingerprint density at radius 3 is 2.14 bits per heavy atom. The third-order valence-electron chi connectivity index (χ3n) is 1.62. The topological polar surface area (TPSA) is 9.23 Å². The Balaban J connectivity index is 3.32. The van der Waals surface area contributed by atoms with Crippen LogP contribution in [-0.4, -0.2) is 14.1 Å². The van der Waals surface area contributed by atoms with E-state index in [1.165, 1.54) is 7.11 Å². The first-order chi connectivity index (χ1) is 6.36. The molecule has 7 heteroatoms. The second kappa shape index (κ2) is 3.91. The van der Waals surface area contributed by atoms with Crippen LogP contribution in [0.2, 0.25) is 10.0 Å². The molecule has 0 aliphatic carbocycles. The minimum absolute atomic E-state index is 0.0368. The monoisotopic (exact) mass is 243 g/mol. The second-order valence-electron chi connectivity index (χ2n) is 2.58. The minimum atomic E-state index is -5.14. The zero-order valence-corrected chi connectivity index (χ0v) is 8.54. The molecule has 1 rings (SSSR count). The zero-order chi connectivity index (χ0) is 10.9. The third-order valence-corrected chi connectivity index (χ3v) is 2.25. The maximum atomic E-state index is 12.4. The molecule has 0 radical (unpaired) electrons. The zero-order valence-electron chi connectivity index (χ0n) is 7.03. The molecule has 1 aromatic rings. The first-order valence-electron chi connectivity index (χ1n) is 3.59. The van der Waals surface area contributed by atoms with E-state index in [4.69, 9.17) is 23.2 Å². The van der Waals surface area contributed by atoms with Crippen molar-refractivity contribution in [2.24, 2.45) is 0 Å². The van der Waals surface area contributed by atoms with Gasteiger partial charge in [0.25, 0.3) is 0 Å². The van der Waals surface area contributed by atoms with E-state index in [9.17, 15) is 12.9 Å². The Labute approximate surface area is 88.8 Å². The lowest BCUT2D eigenvalue weighted by atomic mass is 9.80. The maximum absolute atomic E-state index is 12.4.